The van der Waals surface area contributed by atoms with Crippen LogP contribution in [0.2, 0.25) is 0 Å². The van der Waals surface area contributed by atoms with Gasteiger partial charge in [-0.15, -0.1) is 0 Å². The Bertz CT molecular complexity index is 239. The highest BCUT2D eigenvalue weighted by atomic mass is 32.2. The summed E-state index contributed by atoms with van der Waals surface area (Å²) in [6, 6.07) is 0. The number of thioether (sulfide) groups is 1. The van der Waals surface area contributed by atoms with Gasteiger partial charge < -0.3 is 14.8 Å². The topological polar surface area (TPSA) is 30.5 Å². The van der Waals surface area contributed by atoms with Crippen LogP contribution in [0.15, 0.2) is 0 Å². The monoisotopic (exact) mass is 243 g/mol. The quantitative estimate of drug-likeness (QED) is 0.809. The van der Waals surface area contributed by atoms with Crippen LogP contribution in [0, 0.1) is 5.92 Å². The molecule has 3 saturated heterocycles. The Balaban J connectivity index is 1.47. The molecule has 0 saturated carbocycles. The lowest BCUT2D eigenvalue weighted by molar-refractivity contribution is -0.0769. The molecule has 1 spiro atoms. The van der Waals surface area contributed by atoms with Crippen molar-refractivity contribution in [3.63, 3.8) is 0 Å². The summed E-state index contributed by atoms with van der Waals surface area (Å²) in [4.78, 5) is 0. The summed E-state index contributed by atoms with van der Waals surface area (Å²) < 4.78 is 11.5. The van der Waals surface area contributed by atoms with Crippen LogP contribution in [0.5, 0.6) is 0 Å². The highest BCUT2D eigenvalue weighted by Crippen LogP contribution is 2.38. The normalized spacial score (nSPS) is 40.1. The first-order chi connectivity index (χ1) is 7.86. The van der Waals surface area contributed by atoms with Crippen molar-refractivity contribution < 1.29 is 9.47 Å². The van der Waals surface area contributed by atoms with Gasteiger partial charge in [-0.3, -0.25) is 0 Å². The van der Waals surface area contributed by atoms with Gasteiger partial charge in [-0.1, -0.05) is 0 Å². The van der Waals surface area contributed by atoms with Crippen molar-refractivity contribution >= 4 is 11.8 Å². The number of nitrogens with one attached hydrogen (secondary N) is 1. The molecule has 0 aromatic carbocycles. The molecule has 0 amide bonds. The van der Waals surface area contributed by atoms with E-state index in [1.54, 1.807) is 0 Å². The SMILES string of the molecule is C1CC2(CO1)CC(SCC1CNC1)CCO2. The minimum Gasteiger partial charge on any atom is -0.378 e. The fourth-order valence-electron chi connectivity index (χ4n) is 2.73. The molecule has 3 aliphatic rings. The zero-order chi connectivity index (χ0) is 10.8. The van der Waals surface area contributed by atoms with Gasteiger partial charge in [0, 0.05) is 24.9 Å². The maximum atomic E-state index is 5.95. The minimum atomic E-state index is 0.0911. The Kier molecular flexibility index (Phi) is 3.43. The molecule has 3 fully saturated rings. The molecule has 0 aromatic rings. The first kappa shape index (κ1) is 11.3. The predicted molar refractivity (Wildman–Crippen MR) is 66.0 cm³/mol. The average Bonchev–Trinajstić information content (AvgIpc) is 2.64. The van der Waals surface area contributed by atoms with Crippen molar-refractivity contribution in [2.45, 2.75) is 30.1 Å². The Morgan fingerprint density at radius 1 is 1.31 bits per heavy atom. The maximum absolute atomic E-state index is 5.95. The van der Waals surface area contributed by atoms with Gasteiger partial charge in [-0.2, -0.15) is 11.8 Å². The third-order valence-electron chi connectivity index (χ3n) is 3.95. The second-order valence-electron chi connectivity index (χ2n) is 5.31. The zero-order valence-corrected chi connectivity index (χ0v) is 10.6. The van der Waals surface area contributed by atoms with E-state index < -0.39 is 0 Å². The van der Waals surface area contributed by atoms with E-state index in [1.807, 2.05) is 0 Å². The van der Waals surface area contributed by atoms with Gasteiger partial charge in [0.05, 0.1) is 12.2 Å². The van der Waals surface area contributed by atoms with Gasteiger partial charge in [0.25, 0.3) is 0 Å². The summed E-state index contributed by atoms with van der Waals surface area (Å²) in [5.41, 5.74) is 0.0911. The number of rotatable bonds is 3. The predicted octanol–water partition coefficient (Wildman–Crippen LogP) is 1.28. The third kappa shape index (κ3) is 2.40. The van der Waals surface area contributed by atoms with Crippen molar-refractivity contribution in [1.82, 2.24) is 5.32 Å². The highest BCUT2D eigenvalue weighted by Gasteiger charge is 2.41. The van der Waals surface area contributed by atoms with E-state index in [2.05, 4.69) is 17.1 Å². The van der Waals surface area contributed by atoms with Crippen molar-refractivity contribution in [3.8, 4) is 0 Å². The minimum absolute atomic E-state index is 0.0911. The summed E-state index contributed by atoms with van der Waals surface area (Å²) in [5, 5.41) is 4.14. The van der Waals surface area contributed by atoms with E-state index in [0.29, 0.717) is 0 Å². The summed E-state index contributed by atoms with van der Waals surface area (Å²) in [5.74, 6) is 2.25. The molecule has 0 bridgehead atoms. The number of ether oxygens (including phenoxy) is 2. The fraction of sp³-hybridized carbons (Fsp3) is 1.00. The molecular formula is C12H21NO2S. The zero-order valence-electron chi connectivity index (χ0n) is 9.74. The van der Waals surface area contributed by atoms with Gasteiger partial charge in [0.2, 0.25) is 0 Å². The Hall–Kier alpha value is 0.230. The lowest BCUT2D eigenvalue weighted by Crippen LogP contribution is -2.45. The van der Waals surface area contributed by atoms with E-state index in [4.69, 9.17) is 9.47 Å². The van der Waals surface area contributed by atoms with Crippen LogP contribution in [0.1, 0.15) is 19.3 Å². The number of hydrogen-bond acceptors (Lipinski definition) is 4. The van der Waals surface area contributed by atoms with Gasteiger partial charge in [0.15, 0.2) is 0 Å². The largest absolute Gasteiger partial charge is 0.378 e. The van der Waals surface area contributed by atoms with Crippen LogP contribution in [0.4, 0.5) is 0 Å². The molecule has 3 rings (SSSR count). The van der Waals surface area contributed by atoms with Crippen LogP contribution in [-0.4, -0.2) is 49.5 Å². The first-order valence-electron chi connectivity index (χ1n) is 6.40. The van der Waals surface area contributed by atoms with Gasteiger partial charge in [-0.25, -0.2) is 0 Å². The van der Waals surface area contributed by atoms with Crippen LogP contribution >= 0.6 is 11.8 Å². The van der Waals surface area contributed by atoms with E-state index in [1.165, 1.54) is 31.7 Å². The molecule has 0 aliphatic carbocycles. The summed E-state index contributed by atoms with van der Waals surface area (Å²) in [6.45, 7) is 5.11. The molecule has 2 atom stereocenters. The maximum Gasteiger partial charge on any atom is 0.0947 e. The first-order valence-corrected chi connectivity index (χ1v) is 7.45. The Morgan fingerprint density at radius 2 is 2.25 bits per heavy atom. The van der Waals surface area contributed by atoms with Crippen LogP contribution in [0.3, 0.4) is 0 Å². The average molecular weight is 243 g/mol. The molecule has 3 heterocycles. The second kappa shape index (κ2) is 4.84. The van der Waals surface area contributed by atoms with Crippen LogP contribution < -0.4 is 5.32 Å². The lowest BCUT2D eigenvalue weighted by Gasteiger charge is -2.38. The molecule has 0 radical (unpaired) electrons. The van der Waals surface area contributed by atoms with E-state index in [9.17, 15) is 0 Å². The molecule has 0 aromatic heterocycles. The lowest BCUT2D eigenvalue weighted by atomic mass is 9.93. The van der Waals surface area contributed by atoms with Gasteiger partial charge in [0.1, 0.15) is 0 Å². The molecule has 3 nitrogen and oxygen atoms in total. The number of hydrogen-bond donors (Lipinski definition) is 1. The molecular weight excluding hydrogens is 222 g/mol. The molecule has 4 heteroatoms. The van der Waals surface area contributed by atoms with Crippen molar-refractivity contribution in [1.29, 1.82) is 0 Å². The van der Waals surface area contributed by atoms with E-state index in [0.717, 1.165) is 37.4 Å². The molecule has 1 N–H and O–H groups in total. The molecule has 16 heavy (non-hydrogen) atoms. The molecule has 92 valence electrons. The van der Waals surface area contributed by atoms with Crippen LogP contribution in [-0.2, 0) is 9.47 Å². The summed E-state index contributed by atoms with van der Waals surface area (Å²) in [7, 11) is 0. The Labute approximate surface area is 102 Å². The van der Waals surface area contributed by atoms with Gasteiger partial charge in [-0.05, 0) is 37.6 Å². The van der Waals surface area contributed by atoms with Crippen molar-refractivity contribution in [3.05, 3.63) is 0 Å². The smallest absolute Gasteiger partial charge is 0.0947 e. The molecule has 3 aliphatic heterocycles. The van der Waals surface area contributed by atoms with E-state index in [-0.39, 0.29) is 5.60 Å². The van der Waals surface area contributed by atoms with Crippen LogP contribution in [0.25, 0.3) is 0 Å². The molecule has 2 unspecified atom stereocenters. The fourth-order valence-corrected chi connectivity index (χ4v) is 4.19. The third-order valence-corrected chi connectivity index (χ3v) is 5.49. The van der Waals surface area contributed by atoms with Crippen molar-refractivity contribution in [2.75, 3.05) is 38.7 Å². The highest BCUT2D eigenvalue weighted by molar-refractivity contribution is 7.99. The van der Waals surface area contributed by atoms with E-state index >= 15 is 0 Å². The second-order valence-corrected chi connectivity index (χ2v) is 6.64. The van der Waals surface area contributed by atoms with Gasteiger partial charge >= 0.3 is 0 Å². The standard InChI is InChI=1S/C12H21NO2S/c1-3-15-12(2-4-14-9-12)5-11(1)16-8-10-6-13-7-10/h10-11,13H,1-9H2. The summed E-state index contributed by atoms with van der Waals surface area (Å²) in [6.07, 6.45) is 3.54. The summed E-state index contributed by atoms with van der Waals surface area (Å²) >= 11 is 2.17. The van der Waals surface area contributed by atoms with Crippen molar-refractivity contribution in [2.24, 2.45) is 5.92 Å². The Morgan fingerprint density at radius 3 is 2.94 bits per heavy atom.